The third kappa shape index (κ3) is 2.17. The molecule has 1 fully saturated rings. The first kappa shape index (κ1) is 12.1. The first-order chi connectivity index (χ1) is 8.49. The van der Waals surface area contributed by atoms with Crippen molar-refractivity contribution in [2.45, 2.75) is 6.92 Å². The van der Waals surface area contributed by atoms with Crippen LogP contribution in [0.15, 0.2) is 18.2 Å². The summed E-state index contributed by atoms with van der Waals surface area (Å²) in [4.78, 5) is 35.6. The lowest BCUT2D eigenvalue weighted by molar-refractivity contribution is -0.135. The summed E-state index contributed by atoms with van der Waals surface area (Å²) in [6, 6.07) is 4.76. The normalized spacial score (nSPS) is 15.5. The number of phenols is 1. The Morgan fingerprint density at radius 1 is 1.28 bits per heavy atom. The van der Waals surface area contributed by atoms with Crippen LogP contribution in [0.25, 0.3) is 0 Å². The molecule has 18 heavy (non-hydrogen) atoms. The number of nitrogens with zero attached hydrogens (tertiary/aromatic N) is 1. The number of hydrogen-bond donors (Lipinski definition) is 2. The molecule has 2 rings (SSSR count). The van der Waals surface area contributed by atoms with Gasteiger partial charge in [-0.2, -0.15) is 0 Å². The molecule has 6 nitrogen and oxygen atoms in total. The standard InChI is InChI=1S/C12H12N2O4/c1-7-3-2-4-8(11(7)17)12(18)14-5-9(15)13-10(16)6-14/h2-4,17H,5-6H2,1H3,(H,13,15,16). The Balaban J connectivity index is 2.28. The van der Waals surface area contributed by atoms with Gasteiger partial charge < -0.3 is 10.0 Å². The molecule has 3 amide bonds. The Labute approximate surface area is 103 Å². The summed E-state index contributed by atoms with van der Waals surface area (Å²) in [6.45, 7) is 1.30. The number of hydrogen-bond acceptors (Lipinski definition) is 4. The molecule has 2 N–H and O–H groups in total. The van der Waals surface area contributed by atoms with Gasteiger partial charge in [0.2, 0.25) is 11.8 Å². The van der Waals surface area contributed by atoms with Crippen LogP contribution in [0, 0.1) is 6.92 Å². The third-order valence-corrected chi connectivity index (χ3v) is 2.70. The van der Waals surface area contributed by atoms with Gasteiger partial charge in [-0.3, -0.25) is 19.7 Å². The molecule has 94 valence electrons. The topological polar surface area (TPSA) is 86.7 Å². The molecule has 0 bridgehead atoms. The van der Waals surface area contributed by atoms with E-state index in [0.717, 1.165) is 4.90 Å². The maximum atomic E-state index is 12.1. The van der Waals surface area contributed by atoms with Crippen molar-refractivity contribution in [1.29, 1.82) is 0 Å². The predicted octanol–water partition coefficient (Wildman–Crippen LogP) is -0.201. The highest BCUT2D eigenvalue weighted by atomic mass is 16.3. The maximum absolute atomic E-state index is 12.1. The minimum Gasteiger partial charge on any atom is -0.507 e. The summed E-state index contributed by atoms with van der Waals surface area (Å²) >= 11 is 0. The van der Waals surface area contributed by atoms with E-state index in [1.165, 1.54) is 6.07 Å². The lowest BCUT2D eigenvalue weighted by atomic mass is 10.1. The lowest BCUT2D eigenvalue weighted by Crippen LogP contribution is -2.53. The van der Waals surface area contributed by atoms with Gasteiger partial charge in [-0.25, -0.2) is 0 Å². The Morgan fingerprint density at radius 3 is 2.50 bits per heavy atom. The molecule has 0 saturated carbocycles. The molecule has 1 aromatic rings. The number of phenolic OH excluding ortho intramolecular Hbond substituents is 1. The minimum absolute atomic E-state index is 0.0949. The van der Waals surface area contributed by atoms with E-state index in [4.69, 9.17) is 0 Å². The van der Waals surface area contributed by atoms with Gasteiger partial charge in [-0.05, 0) is 18.6 Å². The number of carbonyl (C=O) groups is 3. The smallest absolute Gasteiger partial charge is 0.258 e. The molecule has 1 aliphatic rings. The summed E-state index contributed by atoms with van der Waals surface area (Å²) in [5.74, 6) is -1.70. The SMILES string of the molecule is Cc1cccc(C(=O)N2CC(=O)NC(=O)C2)c1O. The molecule has 6 heteroatoms. The van der Waals surface area contributed by atoms with E-state index in [1.807, 2.05) is 0 Å². The van der Waals surface area contributed by atoms with Gasteiger partial charge in [-0.15, -0.1) is 0 Å². The van der Waals surface area contributed by atoms with E-state index in [2.05, 4.69) is 5.32 Å². The quantitative estimate of drug-likeness (QED) is 0.674. The number of piperazine rings is 1. The number of carbonyl (C=O) groups excluding carboxylic acids is 3. The molecule has 0 radical (unpaired) electrons. The number of amides is 3. The molecule has 0 atom stereocenters. The van der Waals surface area contributed by atoms with Crippen LogP contribution in [0.2, 0.25) is 0 Å². The summed E-state index contributed by atoms with van der Waals surface area (Å²) in [7, 11) is 0. The van der Waals surface area contributed by atoms with E-state index in [9.17, 15) is 19.5 Å². The Kier molecular flexibility index (Phi) is 3.01. The van der Waals surface area contributed by atoms with E-state index in [0.29, 0.717) is 5.56 Å². The van der Waals surface area contributed by atoms with Crippen molar-refractivity contribution in [1.82, 2.24) is 10.2 Å². The lowest BCUT2D eigenvalue weighted by Gasteiger charge is -2.25. The number of aromatic hydroxyl groups is 1. The van der Waals surface area contributed by atoms with Gasteiger partial charge in [0.15, 0.2) is 0 Å². The average molecular weight is 248 g/mol. The number of benzene rings is 1. The Hall–Kier alpha value is -2.37. The Morgan fingerprint density at radius 2 is 1.89 bits per heavy atom. The van der Waals surface area contributed by atoms with E-state index in [1.54, 1.807) is 19.1 Å². The molecular formula is C12H12N2O4. The van der Waals surface area contributed by atoms with Crippen LogP contribution < -0.4 is 5.32 Å². The van der Waals surface area contributed by atoms with Crippen LogP contribution in [0.3, 0.4) is 0 Å². The first-order valence-electron chi connectivity index (χ1n) is 5.39. The molecule has 0 unspecified atom stereocenters. The van der Waals surface area contributed by atoms with Crippen LogP contribution in [0.1, 0.15) is 15.9 Å². The van der Waals surface area contributed by atoms with Crippen molar-refractivity contribution < 1.29 is 19.5 Å². The number of para-hydroxylation sites is 1. The highest BCUT2D eigenvalue weighted by Crippen LogP contribution is 2.23. The monoisotopic (exact) mass is 248 g/mol. The zero-order valence-electron chi connectivity index (χ0n) is 9.77. The van der Waals surface area contributed by atoms with Gasteiger partial charge in [0.1, 0.15) is 18.8 Å². The fourth-order valence-corrected chi connectivity index (χ4v) is 1.78. The molecule has 0 spiro atoms. The zero-order valence-corrected chi connectivity index (χ0v) is 9.77. The van der Waals surface area contributed by atoms with Crippen molar-refractivity contribution >= 4 is 17.7 Å². The number of imide groups is 1. The summed E-state index contributed by atoms with van der Waals surface area (Å²) < 4.78 is 0. The maximum Gasteiger partial charge on any atom is 0.258 e. The van der Waals surface area contributed by atoms with Crippen LogP contribution in [-0.4, -0.2) is 40.8 Å². The van der Waals surface area contributed by atoms with Crippen molar-refractivity contribution in [3.8, 4) is 5.75 Å². The average Bonchev–Trinajstić information content (AvgIpc) is 2.30. The van der Waals surface area contributed by atoms with Crippen molar-refractivity contribution in [2.24, 2.45) is 0 Å². The van der Waals surface area contributed by atoms with Gasteiger partial charge in [0.25, 0.3) is 5.91 Å². The second-order valence-electron chi connectivity index (χ2n) is 4.10. The zero-order chi connectivity index (χ0) is 13.3. The van der Waals surface area contributed by atoms with Gasteiger partial charge in [-0.1, -0.05) is 12.1 Å². The second kappa shape index (κ2) is 4.48. The molecule has 0 aromatic heterocycles. The molecule has 1 aliphatic heterocycles. The van der Waals surface area contributed by atoms with Crippen LogP contribution >= 0.6 is 0 Å². The van der Waals surface area contributed by atoms with Crippen LogP contribution in [0.5, 0.6) is 5.75 Å². The fourth-order valence-electron chi connectivity index (χ4n) is 1.78. The molecule has 1 aromatic carbocycles. The van der Waals surface area contributed by atoms with Crippen LogP contribution in [0.4, 0.5) is 0 Å². The van der Waals surface area contributed by atoms with Crippen LogP contribution in [-0.2, 0) is 9.59 Å². The van der Waals surface area contributed by atoms with Gasteiger partial charge in [0.05, 0.1) is 5.56 Å². The highest BCUT2D eigenvalue weighted by molar-refractivity contribution is 6.06. The largest absolute Gasteiger partial charge is 0.507 e. The van der Waals surface area contributed by atoms with E-state index >= 15 is 0 Å². The number of rotatable bonds is 1. The van der Waals surface area contributed by atoms with Crippen molar-refractivity contribution in [3.05, 3.63) is 29.3 Å². The van der Waals surface area contributed by atoms with E-state index < -0.39 is 17.7 Å². The van der Waals surface area contributed by atoms with Crippen molar-refractivity contribution in [3.63, 3.8) is 0 Å². The highest BCUT2D eigenvalue weighted by Gasteiger charge is 2.28. The molecular weight excluding hydrogens is 236 g/mol. The third-order valence-electron chi connectivity index (χ3n) is 2.70. The van der Waals surface area contributed by atoms with Gasteiger partial charge >= 0.3 is 0 Å². The van der Waals surface area contributed by atoms with Crippen molar-refractivity contribution in [2.75, 3.05) is 13.1 Å². The molecule has 1 heterocycles. The molecule has 0 aliphatic carbocycles. The summed E-state index contributed by atoms with van der Waals surface area (Å²) in [5, 5.41) is 11.9. The fraction of sp³-hybridized carbons (Fsp3) is 0.250. The predicted molar refractivity (Wildman–Crippen MR) is 61.9 cm³/mol. The minimum atomic E-state index is -0.528. The number of aryl methyl sites for hydroxylation is 1. The summed E-state index contributed by atoms with van der Waals surface area (Å²) in [5.41, 5.74) is 0.658. The summed E-state index contributed by atoms with van der Waals surface area (Å²) in [6.07, 6.45) is 0. The first-order valence-corrected chi connectivity index (χ1v) is 5.39. The second-order valence-corrected chi connectivity index (χ2v) is 4.10. The van der Waals surface area contributed by atoms with E-state index in [-0.39, 0.29) is 24.4 Å². The number of nitrogens with one attached hydrogen (secondary N) is 1. The Bertz CT molecular complexity index is 523. The van der Waals surface area contributed by atoms with Gasteiger partial charge in [0, 0.05) is 0 Å². The molecule has 1 saturated heterocycles.